The molecule has 0 bridgehead atoms. The van der Waals surface area contributed by atoms with Crippen molar-refractivity contribution in [1.29, 1.82) is 0 Å². The summed E-state index contributed by atoms with van der Waals surface area (Å²) in [4.78, 5) is 21.9. The average Bonchev–Trinajstić information content (AvgIpc) is 3.06. The highest BCUT2D eigenvalue weighted by Crippen LogP contribution is 2.30. The number of hydrogen-bond acceptors (Lipinski definition) is 5. The Morgan fingerprint density at radius 1 is 1.15 bits per heavy atom. The van der Waals surface area contributed by atoms with E-state index in [0.717, 1.165) is 43.8 Å². The van der Waals surface area contributed by atoms with Gasteiger partial charge in [-0.05, 0) is 60.7 Å². The summed E-state index contributed by atoms with van der Waals surface area (Å²) in [5.41, 5.74) is 3.61. The van der Waals surface area contributed by atoms with Crippen molar-refractivity contribution in [3.8, 4) is 5.75 Å². The van der Waals surface area contributed by atoms with Gasteiger partial charge in [0, 0.05) is 50.1 Å². The number of fused-ring (bicyclic) bond motifs is 1. The van der Waals surface area contributed by atoms with E-state index >= 15 is 0 Å². The average molecular weight is 452 g/mol. The Morgan fingerprint density at radius 3 is 2.70 bits per heavy atom. The lowest BCUT2D eigenvalue weighted by atomic mass is 9.89. The number of rotatable bonds is 7. The zero-order chi connectivity index (χ0) is 23.2. The van der Waals surface area contributed by atoms with Crippen molar-refractivity contribution < 1.29 is 14.3 Å². The van der Waals surface area contributed by atoms with Gasteiger partial charge in [0.15, 0.2) is 0 Å². The molecule has 1 amide bonds. The lowest BCUT2D eigenvalue weighted by Crippen LogP contribution is -2.42. The monoisotopic (exact) mass is 451 g/mol. The van der Waals surface area contributed by atoms with E-state index < -0.39 is 0 Å². The van der Waals surface area contributed by atoms with Crippen LogP contribution in [0.1, 0.15) is 50.3 Å². The van der Waals surface area contributed by atoms with E-state index in [0.29, 0.717) is 32.2 Å². The number of benzene rings is 1. The van der Waals surface area contributed by atoms with E-state index in [1.807, 2.05) is 17.3 Å². The number of hydrogen-bond donors (Lipinski definition) is 0. The molecule has 1 fully saturated rings. The smallest absolute Gasteiger partial charge is 0.226 e. The summed E-state index contributed by atoms with van der Waals surface area (Å²) >= 11 is 0. The first kappa shape index (κ1) is 23.7. The maximum atomic E-state index is 13.4. The van der Waals surface area contributed by atoms with Crippen molar-refractivity contribution >= 4 is 5.91 Å². The molecule has 1 aromatic heterocycles. The minimum absolute atomic E-state index is 0.0480. The Hall–Kier alpha value is -2.44. The summed E-state index contributed by atoms with van der Waals surface area (Å²) in [6.45, 7) is 11.7. The Bertz CT molecular complexity index is 918. The van der Waals surface area contributed by atoms with Crippen molar-refractivity contribution in [2.45, 2.75) is 59.4 Å². The fraction of sp³-hybridized carbons (Fsp3) is 0.556. The van der Waals surface area contributed by atoms with Crippen molar-refractivity contribution in [2.24, 2.45) is 11.8 Å². The molecule has 1 saturated heterocycles. The highest BCUT2D eigenvalue weighted by molar-refractivity contribution is 5.79. The molecule has 6 nitrogen and oxygen atoms in total. The number of carbonyl (C=O) groups excluding carboxylic acids is 1. The van der Waals surface area contributed by atoms with Crippen LogP contribution in [0.25, 0.3) is 0 Å². The normalized spacial score (nSPS) is 20.9. The number of nitrogens with zero attached hydrogens (tertiary/aromatic N) is 3. The van der Waals surface area contributed by atoms with E-state index in [4.69, 9.17) is 9.47 Å². The molecule has 0 saturated carbocycles. The van der Waals surface area contributed by atoms with Crippen LogP contribution in [-0.4, -0.2) is 53.1 Å². The van der Waals surface area contributed by atoms with Crippen LogP contribution in [0.15, 0.2) is 42.7 Å². The topological polar surface area (TPSA) is 54.9 Å². The zero-order valence-electron chi connectivity index (χ0n) is 20.2. The van der Waals surface area contributed by atoms with Gasteiger partial charge in [-0.3, -0.25) is 14.7 Å². The van der Waals surface area contributed by atoms with Crippen molar-refractivity contribution in [2.75, 3.05) is 26.3 Å². The Kier molecular flexibility index (Phi) is 7.99. The van der Waals surface area contributed by atoms with Gasteiger partial charge in [-0.1, -0.05) is 26.8 Å². The Morgan fingerprint density at radius 2 is 1.94 bits per heavy atom. The number of pyridine rings is 1. The molecule has 0 aliphatic carbocycles. The summed E-state index contributed by atoms with van der Waals surface area (Å²) in [7, 11) is 0. The van der Waals surface area contributed by atoms with Gasteiger partial charge in [0.1, 0.15) is 12.4 Å². The number of ether oxygens (including phenoxy) is 2. The van der Waals surface area contributed by atoms with Crippen molar-refractivity contribution in [3.63, 3.8) is 0 Å². The highest BCUT2D eigenvalue weighted by Gasteiger charge is 2.33. The summed E-state index contributed by atoms with van der Waals surface area (Å²) in [6.07, 6.45) is 5.50. The molecule has 2 aliphatic heterocycles. The van der Waals surface area contributed by atoms with Gasteiger partial charge < -0.3 is 14.4 Å². The van der Waals surface area contributed by atoms with Crippen molar-refractivity contribution in [3.05, 3.63) is 59.4 Å². The van der Waals surface area contributed by atoms with Gasteiger partial charge >= 0.3 is 0 Å². The third-order valence-corrected chi connectivity index (χ3v) is 6.83. The number of aromatic nitrogens is 1. The van der Waals surface area contributed by atoms with E-state index in [1.165, 1.54) is 11.1 Å². The molecule has 2 aromatic rings. The van der Waals surface area contributed by atoms with E-state index in [2.05, 4.69) is 61.0 Å². The minimum Gasteiger partial charge on any atom is -0.491 e. The lowest BCUT2D eigenvalue weighted by molar-refractivity contribution is -0.142. The van der Waals surface area contributed by atoms with Gasteiger partial charge in [0.2, 0.25) is 5.91 Å². The number of carbonyl (C=O) groups is 1. The molecular weight excluding hydrogens is 414 g/mol. The second-order valence-corrected chi connectivity index (χ2v) is 9.58. The summed E-state index contributed by atoms with van der Waals surface area (Å²) in [6, 6.07) is 10.6. The molecule has 178 valence electrons. The van der Waals surface area contributed by atoms with Gasteiger partial charge in [-0.25, -0.2) is 0 Å². The number of amides is 1. The van der Waals surface area contributed by atoms with Gasteiger partial charge in [-0.2, -0.15) is 0 Å². The molecular formula is C27H37N3O3. The quantitative estimate of drug-likeness (QED) is 0.629. The van der Waals surface area contributed by atoms with Crippen molar-refractivity contribution in [1.82, 2.24) is 14.8 Å². The third-order valence-electron chi connectivity index (χ3n) is 6.83. The largest absolute Gasteiger partial charge is 0.491 e. The van der Waals surface area contributed by atoms with Gasteiger partial charge in [-0.15, -0.1) is 0 Å². The third kappa shape index (κ3) is 6.12. The summed E-state index contributed by atoms with van der Waals surface area (Å²) in [5.74, 6) is 1.63. The van der Waals surface area contributed by atoms with Crippen LogP contribution in [0.4, 0.5) is 0 Å². The van der Waals surface area contributed by atoms with Crippen LogP contribution in [0.2, 0.25) is 0 Å². The molecule has 6 heteroatoms. The SMILES string of the molecule is CCN(Cc1ccncc1)Cc1ccc2c(c1)CN(C(=O)C1CCOC(C(C)C)C1)CCO2. The predicted molar refractivity (Wildman–Crippen MR) is 129 cm³/mol. The Balaban J connectivity index is 1.44. The van der Waals surface area contributed by atoms with Gasteiger partial charge in [0.25, 0.3) is 0 Å². The maximum Gasteiger partial charge on any atom is 0.226 e. The first-order chi connectivity index (χ1) is 16.0. The van der Waals surface area contributed by atoms with Gasteiger partial charge in [0.05, 0.1) is 12.6 Å². The summed E-state index contributed by atoms with van der Waals surface area (Å²) < 4.78 is 11.9. The molecule has 4 rings (SSSR count). The molecule has 2 aliphatic rings. The van der Waals surface area contributed by atoms with E-state index in [1.54, 1.807) is 0 Å². The van der Waals surface area contributed by atoms with Crippen LogP contribution < -0.4 is 4.74 Å². The van der Waals surface area contributed by atoms with Crippen LogP contribution in [0.5, 0.6) is 5.75 Å². The molecule has 0 N–H and O–H groups in total. The first-order valence-corrected chi connectivity index (χ1v) is 12.3. The zero-order valence-corrected chi connectivity index (χ0v) is 20.2. The second-order valence-electron chi connectivity index (χ2n) is 9.58. The minimum atomic E-state index is 0.0480. The maximum absolute atomic E-state index is 13.4. The van der Waals surface area contributed by atoms with Crippen LogP contribution in [-0.2, 0) is 29.2 Å². The highest BCUT2D eigenvalue weighted by atomic mass is 16.5. The fourth-order valence-electron chi connectivity index (χ4n) is 4.79. The van der Waals surface area contributed by atoms with Crippen LogP contribution in [0.3, 0.4) is 0 Å². The molecule has 2 unspecified atom stereocenters. The molecule has 1 aromatic carbocycles. The lowest BCUT2D eigenvalue weighted by Gasteiger charge is -2.34. The van der Waals surface area contributed by atoms with E-state index in [-0.39, 0.29) is 17.9 Å². The van der Waals surface area contributed by atoms with Crippen LogP contribution >= 0.6 is 0 Å². The van der Waals surface area contributed by atoms with Crippen LogP contribution in [0, 0.1) is 11.8 Å². The summed E-state index contributed by atoms with van der Waals surface area (Å²) in [5, 5.41) is 0. The molecule has 0 spiro atoms. The molecule has 2 atom stereocenters. The second kappa shape index (κ2) is 11.1. The molecule has 33 heavy (non-hydrogen) atoms. The molecule has 3 heterocycles. The standard InChI is InChI=1S/C27H37N3O3/c1-4-29(17-21-7-10-28-11-8-21)18-22-5-6-25-24(15-22)19-30(12-14-33-25)27(31)23-9-13-32-26(16-23)20(2)3/h5-8,10-11,15,20,23,26H,4,9,12-14,16-19H2,1-3H3. The predicted octanol–water partition coefficient (Wildman–Crippen LogP) is 4.28. The fourth-order valence-corrected chi connectivity index (χ4v) is 4.79. The van der Waals surface area contributed by atoms with E-state index in [9.17, 15) is 4.79 Å². The molecule has 0 radical (unpaired) electrons. The first-order valence-electron chi connectivity index (χ1n) is 12.3. The Labute approximate surface area is 197 Å².